The van der Waals surface area contributed by atoms with E-state index in [-0.39, 0.29) is 11.9 Å². The first kappa shape index (κ1) is 16.9. The van der Waals surface area contributed by atoms with E-state index in [0.717, 1.165) is 5.56 Å². The second kappa shape index (κ2) is 6.92. The Bertz CT molecular complexity index is 812. The lowest BCUT2D eigenvalue weighted by molar-refractivity contribution is -0.140. The van der Waals surface area contributed by atoms with Crippen LogP contribution >= 0.6 is 0 Å². The molecular formula is C17H21N5O3. The number of nitrogens with one attached hydrogen (secondary N) is 1. The summed E-state index contributed by atoms with van der Waals surface area (Å²) >= 11 is 0. The van der Waals surface area contributed by atoms with E-state index in [1.54, 1.807) is 11.8 Å². The van der Waals surface area contributed by atoms with Crippen LogP contribution in [0.25, 0.3) is 0 Å². The van der Waals surface area contributed by atoms with Crippen molar-refractivity contribution in [3.8, 4) is 5.75 Å². The number of esters is 1. The van der Waals surface area contributed by atoms with Crippen LogP contribution in [0.4, 0.5) is 5.95 Å². The summed E-state index contributed by atoms with van der Waals surface area (Å²) in [6.07, 6.45) is 0. The molecule has 2 heterocycles. The Morgan fingerprint density at radius 2 is 2.20 bits per heavy atom. The number of hydrogen-bond acceptors (Lipinski definition) is 7. The van der Waals surface area contributed by atoms with Gasteiger partial charge in [-0.05, 0) is 41.0 Å². The van der Waals surface area contributed by atoms with Gasteiger partial charge in [-0.3, -0.25) is 0 Å². The zero-order valence-electron chi connectivity index (χ0n) is 14.7. The van der Waals surface area contributed by atoms with Gasteiger partial charge in [0.1, 0.15) is 11.8 Å². The lowest BCUT2D eigenvalue weighted by Crippen LogP contribution is -2.30. The first-order valence-electron chi connectivity index (χ1n) is 8.08. The van der Waals surface area contributed by atoms with E-state index in [0.29, 0.717) is 29.6 Å². The zero-order valence-corrected chi connectivity index (χ0v) is 14.7. The fourth-order valence-corrected chi connectivity index (χ4v) is 2.72. The van der Waals surface area contributed by atoms with Crippen LogP contribution in [-0.4, -0.2) is 39.9 Å². The molecule has 2 aromatic rings. The number of carbonyl (C=O) groups excluding carboxylic acids is 1. The van der Waals surface area contributed by atoms with Crippen molar-refractivity contribution in [1.29, 1.82) is 0 Å². The van der Waals surface area contributed by atoms with E-state index in [9.17, 15) is 4.79 Å². The summed E-state index contributed by atoms with van der Waals surface area (Å²) in [6, 6.07) is 7.00. The lowest BCUT2D eigenvalue weighted by atomic mass is 9.95. The molecule has 0 aliphatic carbocycles. The van der Waals surface area contributed by atoms with Gasteiger partial charge in [0, 0.05) is 5.70 Å². The number of rotatable bonds is 5. The van der Waals surface area contributed by atoms with Crippen molar-refractivity contribution >= 4 is 11.9 Å². The maximum absolute atomic E-state index is 12.7. The molecule has 1 atom stereocenters. The largest absolute Gasteiger partial charge is 0.497 e. The number of carbonyl (C=O) groups is 1. The highest BCUT2D eigenvalue weighted by Gasteiger charge is 2.35. The molecule has 0 radical (unpaired) electrons. The Morgan fingerprint density at radius 1 is 1.40 bits per heavy atom. The molecule has 1 aromatic heterocycles. The van der Waals surface area contributed by atoms with Crippen LogP contribution in [0.15, 0.2) is 35.5 Å². The third-order valence-corrected chi connectivity index (χ3v) is 3.89. The fourth-order valence-electron chi connectivity index (χ4n) is 2.72. The minimum Gasteiger partial charge on any atom is -0.497 e. The number of hydrogen-bond donors (Lipinski definition) is 1. The number of ether oxygens (including phenoxy) is 2. The summed E-state index contributed by atoms with van der Waals surface area (Å²) < 4.78 is 12.3. The molecule has 8 heteroatoms. The molecule has 1 aliphatic heterocycles. The van der Waals surface area contributed by atoms with Gasteiger partial charge in [0.05, 0.1) is 19.3 Å². The molecule has 25 heavy (non-hydrogen) atoms. The molecule has 0 bridgehead atoms. The van der Waals surface area contributed by atoms with Crippen molar-refractivity contribution in [2.45, 2.75) is 26.8 Å². The number of methoxy groups -OCH3 is 1. The van der Waals surface area contributed by atoms with Gasteiger partial charge in [-0.2, -0.15) is 4.68 Å². The van der Waals surface area contributed by atoms with Gasteiger partial charge < -0.3 is 14.8 Å². The van der Waals surface area contributed by atoms with Crippen LogP contribution in [0.5, 0.6) is 5.75 Å². The SMILES string of the molecule is COc1cccc(C2C(C(=O)OCC(C)C)=C(C)Nc3nnnn32)c1. The topological polar surface area (TPSA) is 91.2 Å². The molecule has 0 saturated carbocycles. The van der Waals surface area contributed by atoms with Crippen molar-refractivity contribution < 1.29 is 14.3 Å². The Hall–Kier alpha value is -2.90. The highest BCUT2D eigenvalue weighted by molar-refractivity contribution is 5.92. The first-order chi connectivity index (χ1) is 12.0. The van der Waals surface area contributed by atoms with E-state index in [1.165, 1.54) is 0 Å². The molecule has 0 fully saturated rings. The standard InChI is InChI=1S/C17H21N5O3/c1-10(2)9-25-16(23)14-11(3)18-17-19-20-21-22(17)15(14)12-6-5-7-13(8-12)24-4/h5-8,10,15H,9H2,1-4H3,(H,18,19,21). The number of nitrogens with zero attached hydrogens (tertiary/aromatic N) is 4. The molecule has 1 N–H and O–H groups in total. The van der Waals surface area contributed by atoms with Crippen LogP contribution in [0, 0.1) is 5.92 Å². The lowest BCUT2D eigenvalue weighted by Gasteiger charge is -2.27. The molecule has 1 aliphatic rings. The van der Waals surface area contributed by atoms with Crippen LogP contribution in [-0.2, 0) is 9.53 Å². The molecule has 3 rings (SSSR count). The number of anilines is 1. The normalized spacial score (nSPS) is 16.4. The molecule has 0 saturated heterocycles. The Balaban J connectivity index is 2.05. The van der Waals surface area contributed by atoms with Gasteiger partial charge in [0.15, 0.2) is 0 Å². The number of allylic oxidation sites excluding steroid dienone is 1. The number of benzene rings is 1. The summed E-state index contributed by atoms with van der Waals surface area (Å²) in [7, 11) is 1.60. The Morgan fingerprint density at radius 3 is 2.92 bits per heavy atom. The summed E-state index contributed by atoms with van der Waals surface area (Å²) in [5, 5.41) is 14.8. The first-order valence-corrected chi connectivity index (χ1v) is 8.08. The van der Waals surface area contributed by atoms with Crippen molar-refractivity contribution in [3.63, 3.8) is 0 Å². The van der Waals surface area contributed by atoms with Crippen molar-refractivity contribution in [1.82, 2.24) is 20.2 Å². The van der Waals surface area contributed by atoms with Crippen molar-refractivity contribution in [2.75, 3.05) is 19.0 Å². The molecule has 1 unspecified atom stereocenters. The zero-order chi connectivity index (χ0) is 18.0. The minimum absolute atomic E-state index is 0.250. The summed E-state index contributed by atoms with van der Waals surface area (Å²) in [4.78, 5) is 12.7. The van der Waals surface area contributed by atoms with Gasteiger partial charge >= 0.3 is 5.97 Å². The van der Waals surface area contributed by atoms with Crippen LogP contribution in [0.2, 0.25) is 0 Å². The third-order valence-electron chi connectivity index (χ3n) is 3.89. The molecule has 0 amide bonds. The number of aromatic nitrogens is 4. The Kier molecular flexibility index (Phi) is 4.69. The monoisotopic (exact) mass is 343 g/mol. The van der Waals surface area contributed by atoms with Crippen molar-refractivity contribution in [2.24, 2.45) is 5.92 Å². The summed E-state index contributed by atoms with van der Waals surface area (Å²) in [5.41, 5.74) is 1.99. The average Bonchev–Trinajstić information content (AvgIpc) is 3.06. The maximum atomic E-state index is 12.7. The molecule has 8 nitrogen and oxygen atoms in total. The Labute approximate surface area is 145 Å². The summed E-state index contributed by atoms with van der Waals surface area (Å²) in [5.74, 6) is 1.04. The quantitative estimate of drug-likeness (QED) is 0.832. The van der Waals surface area contributed by atoms with Gasteiger partial charge in [0.2, 0.25) is 5.95 Å². The van der Waals surface area contributed by atoms with Gasteiger partial charge in [0.25, 0.3) is 0 Å². The van der Waals surface area contributed by atoms with E-state index in [4.69, 9.17) is 9.47 Å². The molecule has 1 aromatic carbocycles. The van der Waals surface area contributed by atoms with E-state index in [1.807, 2.05) is 45.0 Å². The van der Waals surface area contributed by atoms with Gasteiger partial charge in [-0.1, -0.05) is 31.1 Å². The van der Waals surface area contributed by atoms with E-state index in [2.05, 4.69) is 20.8 Å². The van der Waals surface area contributed by atoms with E-state index < -0.39 is 6.04 Å². The average molecular weight is 343 g/mol. The second-order valence-corrected chi connectivity index (χ2v) is 6.28. The molecular weight excluding hydrogens is 322 g/mol. The minimum atomic E-state index is -0.485. The van der Waals surface area contributed by atoms with Gasteiger partial charge in [-0.25, -0.2) is 4.79 Å². The maximum Gasteiger partial charge on any atom is 0.338 e. The number of fused-ring (bicyclic) bond motifs is 1. The fraction of sp³-hybridized carbons (Fsp3) is 0.412. The number of tetrazole rings is 1. The highest BCUT2D eigenvalue weighted by Crippen LogP contribution is 2.35. The van der Waals surface area contributed by atoms with Gasteiger partial charge in [-0.15, -0.1) is 0 Å². The second-order valence-electron chi connectivity index (χ2n) is 6.28. The highest BCUT2D eigenvalue weighted by atomic mass is 16.5. The van der Waals surface area contributed by atoms with Crippen LogP contribution in [0.3, 0.4) is 0 Å². The van der Waals surface area contributed by atoms with Crippen molar-refractivity contribution in [3.05, 3.63) is 41.1 Å². The van der Waals surface area contributed by atoms with Crippen LogP contribution < -0.4 is 10.1 Å². The molecule has 132 valence electrons. The predicted molar refractivity (Wildman–Crippen MR) is 91.1 cm³/mol. The van der Waals surface area contributed by atoms with E-state index >= 15 is 0 Å². The molecule has 0 spiro atoms. The predicted octanol–water partition coefficient (Wildman–Crippen LogP) is 2.17. The smallest absolute Gasteiger partial charge is 0.338 e. The van der Waals surface area contributed by atoms with Crippen LogP contribution in [0.1, 0.15) is 32.4 Å². The third kappa shape index (κ3) is 3.33. The summed E-state index contributed by atoms with van der Waals surface area (Å²) in [6.45, 7) is 6.15.